The number of furan rings is 1. The summed E-state index contributed by atoms with van der Waals surface area (Å²) in [5, 5.41) is 21.4. The maximum atomic E-state index is 12.7. The Morgan fingerprint density at radius 3 is 2.54 bits per heavy atom. The smallest absolute Gasteiger partial charge is 0.255 e. The minimum atomic E-state index is -0.669. The summed E-state index contributed by atoms with van der Waals surface area (Å²) in [4.78, 5) is 12.7. The second-order valence-corrected chi connectivity index (χ2v) is 5.43. The Balaban J connectivity index is 1.85. The first kappa shape index (κ1) is 17.3. The quantitative estimate of drug-likeness (QED) is 0.712. The number of nitriles is 1. The molecule has 0 spiro atoms. The van der Waals surface area contributed by atoms with Crippen molar-refractivity contribution in [3.63, 3.8) is 0 Å². The Labute approximate surface area is 150 Å². The van der Waals surface area contributed by atoms with Crippen LogP contribution in [0.15, 0.2) is 71.3 Å². The Morgan fingerprint density at radius 2 is 1.85 bits per heavy atom. The van der Waals surface area contributed by atoms with Gasteiger partial charge in [0.2, 0.25) is 0 Å². The first-order valence-corrected chi connectivity index (χ1v) is 7.94. The van der Waals surface area contributed by atoms with Crippen LogP contribution < -0.4 is 10.1 Å². The van der Waals surface area contributed by atoms with Gasteiger partial charge in [-0.15, -0.1) is 0 Å². The monoisotopic (exact) mass is 348 g/mol. The summed E-state index contributed by atoms with van der Waals surface area (Å²) < 4.78 is 11.0. The van der Waals surface area contributed by atoms with Gasteiger partial charge in [0.05, 0.1) is 24.0 Å². The fraction of sp³-hybridized carbons (Fsp3) is 0.100. The lowest BCUT2D eigenvalue weighted by Crippen LogP contribution is -2.30. The standard InChI is InChI=1S/C20H16N2O4/c21-12-14-6-1-3-8-17(14)26-18-9-4-2-7-15(18)20(24)22-16(13-23)19-10-5-11-25-19/h1-11,16,23H,13H2,(H,22,24). The zero-order valence-electron chi connectivity index (χ0n) is 13.8. The third-order valence-corrected chi connectivity index (χ3v) is 3.73. The fourth-order valence-corrected chi connectivity index (χ4v) is 2.44. The third kappa shape index (κ3) is 3.74. The van der Waals surface area contributed by atoms with Crippen LogP contribution in [0.25, 0.3) is 0 Å². The Morgan fingerprint density at radius 1 is 1.12 bits per heavy atom. The molecule has 6 nitrogen and oxygen atoms in total. The molecule has 1 amide bonds. The number of carbonyl (C=O) groups excluding carboxylic acids is 1. The number of aliphatic hydroxyl groups excluding tert-OH is 1. The predicted octanol–water partition coefficient (Wildman–Crippen LogP) is 3.41. The molecule has 1 unspecified atom stereocenters. The van der Waals surface area contributed by atoms with E-state index in [1.54, 1.807) is 60.7 Å². The Bertz CT molecular complexity index is 929. The first-order valence-electron chi connectivity index (χ1n) is 7.94. The first-order chi connectivity index (χ1) is 12.7. The number of aliphatic hydroxyl groups is 1. The zero-order chi connectivity index (χ0) is 18.4. The van der Waals surface area contributed by atoms with E-state index < -0.39 is 11.9 Å². The van der Waals surface area contributed by atoms with Crippen molar-refractivity contribution in [2.45, 2.75) is 6.04 Å². The van der Waals surface area contributed by atoms with Crippen LogP contribution in [-0.2, 0) is 0 Å². The van der Waals surface area contributed by atoms with Gasteiger partial charge in [0.25, 0.3) is 5.91 Å². The van der Waals surface area contributed by atoms with Crippen LogP contribution in [0.2, 0.25) is 0 Å². The van der Waals surface area contributed by atoms with Gasteiger partial charge in [-0.2, -0.15) is 5.26 Å². The van der Waals surface area contributed by atoms with Crippen molar-refractivity contribution >= 4 is 5.91 Å². The molecule has 0 aliphatic heterocycles. The second kappa shape index (κ2) is 8.01. The molecule has 1 atom stereocenters. The van der Waals surface area contributed by atoms with E-state index in [4.69, 9.17) is 9.15 Å². The normalized spacial score (nSPS) is 11.4. The summed E-state index contributed by atoms with van der Waals surface area (Å²) in [5.74, 6) is 0.698. The largest absolute Gasteiger partial charge is 0.467 e. The van der Waals surface area contributed by atoms with Gasteiger partial charge in [-0.3, -0.25) is 4.79 Å². The molecule has 1 heterocycles. The summed E-state index contributed by atoms with van der Waals surface area (Å²) in [6.45, 7) is -0.306. The molecule has 0 radical (unpaired) electrons. The minimum absolute atomic E-state index is 0.283. The Hall–Kier alpha value is -3.56. The van der Waals surface area contributed by atoms with E-state index in [0.717, 1.165) is 0 Å². The van der Waals surface area contributed by atoms with Crippen molar-refractivity contribution in [1.29, 1.82) is 5.26 Å². The molecule has 130 valence electrons. The van der Waals surface area contributed by atoms with E-state index in [2.05, 4.69) is 11.4 Å². The minimum Gasteiger partial charge on any atom is -0.467 e. The van der Waals surface area contributed by atoms with E-state index in [1.807, 2.05) is 0 Å². The van der Waals surface area contributed by atoms with Gasteiger partial charge >= 0.3 is 0 Å². The molecule has 0 saturated heterocycles. The molecule has 0 saturated carbocycles. The summed E-state index contributed by atoms with van der Waals surface area (Å²) in [6, 6.07) is 18.2. The lowest BCUT2D eigenvalue weighted by atomic mass is 10.1. The molecule has 26 heavy (non-hydrogen) atoms. The molecule has 0 aliphatic carbocycles. The van der Waals surface area contributed by atoms with E-state index in [0.29, 0.717) is 22.8 Å². The highest BCUT2D eigenvalue weighted by Gasteiger charge is 2.20. The van der Waals surface area contributed by atoms with Gasteiger partial charge in [-0.1, -0.05) is 24.3 Å². The van der Waals surface area contributed by atoms with E-state index in [9.17, 15) is 15.2 Å². The molecule has 0 aliphatic rings. The van der Waals surface area contributed by atoms with Gasteiger partial charge in [0.15, 0.2) is 0 Å². The highest BCUT2D eigenvalue weighted by Crippen LogP contribution is 2.28. The number of nitrogens with one attached hydrogen (secondary N) is 1. The molecule has 2 N–H and O–H groups in total. The highest BCUT2D eigenvalue weighted by molar-refractivity contribution is 5.97. The van der Waals surface area contributed by atoms with E-state index in [1.165, 1.54) is 6.26 Å². The molecule has 3 rings (SSSR count). The molecular weight excluding hydrogens is 332 g/mol. The van der Waals surface area contributed by atoms with Gasteiger partial charge in [0.1, 0.15) is 29.4 Å². The van der Waals surface area contributed by atoms with Gasteiger partial charge < -0.3 is 19.6 Å². The van der Waals surface area contributed by atoms with Crippen LogP contribution in [0.4, 0.5) is 0 Å². The molecule has 0 bridgehead atoms. The van der Waals surface area contributed by atoms with Crippen molar-refractivity contribution in [2.75, 3.05) is 6.61 Å². The number of nitrogens with zero attached hydrogens (tertiary/aromatic N) is 1. The SMILES string of the molecule is N#Cc1ccccc1Oc1ccccc1C(=O)NC(CO)c1ccco1. The van der Waals surface area contributed by atoms with Crippen LogP contribution in [-0.4, -0.2) is 17.6 Å². The van der Waals surface area contributed by atoms with Crippen LogP contribution in [0.1, 0.15) is 27.7 Å². The average Bonchev–Trinajstić information content (AvgIpc) is 3.21. The maximum absolute atomic E-state index is 12.7. The summed E-state index contributed by atoms with van der Waals surface area (Å²) in [7, 11) is 0. The maximum Gasteiger partial charge on any atom is 0.255 e. The molecular formula is C20H16N2O4. The van der Waals surface area contributed by atoms with Crippen molar-refractivity contribution in [3.05, 3.63) is 83.8 Å². The fourth-order valence-electron chi connectivity index (χ4n) is 2.44. The summed E-state index contributed by atoms with van der Waals surface area (Å²) in [6.07, 6.45) is 1.47. The molecule has 1 aromatic heterocycles. The number of benzene rings is 2. The van der Waals surface area contributed by atoms with Gasteiger partial charge in [-0.25, -0.2) is 0 Å². The van der Waals surface area contributed by atoms with Crippen LogP contribution in [0.5, 0.6) is 11.5 Å². The number of hydrogen-bond acceptors (Lipinski definition) is 5. The lowest BCUT2D eigenvalue weighted by molar-refractivity contribution is 0.0905. The van der Waals surface area contributed by atoms with Crippen molar-refractivity contribution in [3.8, 4) is 17.6 Å². The molecule has 6 heteroatoms. The number of amides is 1. The highest BCUT2D eigenvalue weighted by atomic mass is 16.5. The number of hydrogen-bond donors (Lipinski definition) is 2. The lowest BCUT2D eigenvalue weighted by Gasteiger charge is -2.16. The van der Waals surface area contributed by atoms with Crippen molar-refractivity contribution < 1.29 is 19.1 Å². The van der Waals surface area contributed by atoms with Crippen LogP contribution in [0.3, 0.4) is 0 Å². The molecule has 3 aromatic rings. The van der Waals surface area contributed by atoms with Crippen molar-refractivity contribution in [1.82, 2.24) is 5.32 Å². The molecule has 0 fully saturated rings. The summed E-state index contributed by atoms with van der Waals surface area (Å²) in [5.41, 5.74) is 0.650. The van der Waals surface area contributed by atoms with Gasteiger partial charge in [0, 0.05) is 0 Å². The Kier molecular flexibility index (Phi) is 5.32. The van der Waals surface area contributed by atoms with Gasteiger partial charge in [-0.05, 0) is 36.4 Å². The zero-order valence-corrected chi connectivity index (χ0v) is 13.8. The van der Waals surface area contributed by atoms with E-state index >= 15 is 0 Å². The predicted molar refractivity (Wildman–Crippen MR) is 93.7 cm³/mol. The topological polar surface area (TPSA) is 95.5 Å². The average molecular weight is 348 g/mol. The van der Waals surface area contributed by atoms with Crippen LogP contribution >= 0.6 is 0 Å². The third-order valence-electron chi connectivity index (χ3n) is 3.73. The number of rotatable bonds is 6. The number of ether oxygens (including phenoxy) is 1. The second-order valence-electron chi connectivity index (χ2n) is 5.43. The van der Waals surface area contributed by atoms with Crippen molar-refractivity contribution in [2.24, 2.45) is 0 Å². The molecule has 2 aromatic carbocycles. The summed E-state index contributed by atoms with van der Waals surface area (Å²) >= 11 is 0. The van der Waals surface area contributed by atoms with Crippen LogP contribution in [0, 0.1) is 11.3 Å². The number of carbonyl (C=O) groups is 1. The number of para-hydroxylation sites is 2. The van der Waals surface area contributed by atoms with E-state index in [-0.39, 0.29) is 12.2 Å².